The van der Waals surface area contributed by atoms with Crippen LogP contribution in [-0.4, -0.2) is 44.6 Å². The van der Waals surface area contributed by atoms with Crippen molar-refractivity contribution in [3.05, 3.63) is 54.6 Å². The predicted octanol–water partition coefficient (Wildman–Crippen LogP) is 3.50. The number of ether oxygens (including phenoxy) is 1. The molecule has 0 bridgehead atoms. The van der Waals surface area contributed by atoms with Crippen molar-refractivity contribution < 1.29 is 13.2 Å². The first kappa shape index (κ1) is 24.2. The SMILES string of the molecule is CCN(CCCN=C(N)Nc1cccc(Oc2ccccc2)c1)S(C)(=O)=O.I. The number of nitrogens with two attached hydrogens (primary N) is 1. The molecule has 0 spiro atoms. The van der Waals surface area contributed by atoms with Crippen LogP contribution < -0.4 is 15.8 Å². The van der Waals surface area contributed by atoms with E-state index in [0.717, 1.165) is 11.4 Å². The monoisotopic (exact) mass is 518 g/mol. The van der Waals surface area contributed by atoms with Gasteiger partial charge in [0.2, 0.25) is 10.0 Å². The van der Waals surface area contributed by atoms with Crippen molar-refractivity contribution in [2.75, 3.05) is 31.2 Å². The number of para-hydroxylation sites is 1. The average Bonchev–Trinajstić information content (AvgIpc) is 2.62. The summed E-state index contributed by atoms with van der Waals surface area (Å²) < 4.78 is 30.3. The van der Waals surface area contributed by atoms with Crippen LogP contribution in [0.5, 0.6) is 11.5 Å². The highest BCUT2D eigenvalue weighted by Gasteiger charge is 2.12. The van der Waals surface area contributed by atoms with Crippen LogP contribution in [0.15, 0.2) is 59.6 Å². The fourth-order valence-electron chi connectivity index (χ4n) is 2.45. The van der Waals surface area contributed by atoms with Crippen LogP contribution in [0.25, 0.3) is 0 Å². The lowest BCUT2D eigenvalue weighted by Crippen LogP contribution is -2.31. The molecule has 0 saturated carbocycles. The second-order valence-corrected chi connectivity index (χ2v) is 7.93. The molecule has 0 atom stereocenters. The molecule has 0 heterocycles. The first-order valence-electron chi connectivity index (χ1n) is 8.73. The summed E-state index contributed by atoms with van der Waals surface area (Å²) in [4.78, 5) is 4.24. The van der Waals surface area contributed by atoms with Gasteiger partial charge in [-0.05, 0) is 30.7 Å². The molecule has 0 aromatic heterocycles. The number of nitrogens with zero attached hydrogens (tertiary/aromatic N) is 2. The summed E-state index contributed by atoms with van der Waals surface area (Å²) in [5, 5.41) is 3.02. The second-order valence-electron chi connectivity index (χ2n) is 5.94. The van der Waals surface area contributed by atoms with E-state index in [1.165, 1.54) is 10.6 Å². The molecule has 0 aliphatic carbocycles. The fourth-order valence-corrected chi connectivity index (χ4v) is 3.38. The standard InChI is InChI=1S/C19H26N4O3S.HI/c1-3-23(27(2,24)25)14-8-13-21-19(20)22-16-9-7-12-18(15-16)26-17-10-5-4-6-11-17;/h4-7,9-12,15H,3,8,13-14H2,1-2H3,(H3,20,21,22);1H. The van der Waals surface area contributed by atoms with Crippen LogP contribution >= 0.6 is 24.0 Å². The van der Waals surface area contributed by atoms with Crippen molar-refractivity contribution in [2.24, 2.45) is 10.7 Å². The minimum Gasteiger partial charge on any atom is -0.457 e. The molecule has 7 nitrogen and oxygen atoms in total. The van der Waals surface area contributed by atoms with Crippen LogP contribution in [0.3, 0.4) is 0 Å². The number of benzene rings is 2. The number of nitrogens with one attached hydrogen (secondary N) is 1. The lowest BCUT2D eigenvalue weighted by molar-refractivity contribution is 0.427. The molecule has 2 rings (SSSR count). The summed E-state index contributed by atoms with van der Waals surface area (Å²) in [5.41, 5.74) is 6.67. The number of halogens is 1. The van der Waals surface area contributed by atoms with Crippen molar-refractivity contribution in [1.29, 1.82) is 0 Å². The van der Waals surface area contributed by atoms with E-state index in [-0.39, 0.29) is 29.9 Å². The van der Waals surface area contributed by atoms with Crippen molar-refractivity contribution in [3.63, 3.8) is 0 Å². The highest BCUT2D eigenvalue weighted by molar-refractivity contribution is 14.0. The van der Waals surface area contributed by atoms with Gasteiger partial charge in [-0.25, -0.2) is 12.7 Å². The summed E-state index contributed by atoms with van der Waals surface area (Å²) >= 11 is 0. The molecule has 3 N–H and O–H groups in total. The van der Waals surface area contributed by atoms with E-state index in [9.17, 15) is 8.42 Å². The Morgan fingerprint density at radius 1 is 1.14 bits per heavy atom. The van der Waals surface area contributed by atoms with Gasteiger partial charge in [0.15, 0.2) is 5.96 Å². The van der Waals surface area contributed by atoms with E-state index < -0.39 is 10.0 Å². The molecule has 0 amide bonds. The minimum atomic E-state index is -3.17. The number of rotatable bonds is 9. The highest BCUT2D eigenvalue weighted by atomic mass is 127. The summed E-state index contributed by atoms with van der Waals surface area (Å²) in [6.07, 6.45) is 1.81. The first-order valence-corrected chi connectivity index (χ1v) is 10.6. The maximum Gasteiger partial charge on any atom is 0.211 e. The fraction of sp³-hybridized carbons (Fsp3) is 0.316. The van der Waals surface area contributed by atoms with Gasteiger partial charge in [-0.15, -0.1) is 24.0 Å². The van der Waals surface area contributed by atoms with E-state index in [4.69, 9.17) is 10.5 Å². The molecule has 0 radical (unpaired) electrons. The van der Waals surface area contributed by atoms with Gasteiger partial charge in [0.25, 0.3) is 0 Å². The van der Waals surface area contributed by atoms with Crippen molar-refractivity contribution in [1.82, 2.24) is 4.31 Å². The molecule has 0 saturated heterocycles. The maximum absolute atomic E-state index is 11.5. The summed E-state index contributed by atoms with van der Waals surface area (Å²) in [7, 11) is -3.17. The van der Waals surface area contributed by atoms with Gasteiger partial charge in [-0.3, -0.25) is 4.99 Å². The van der Waals surface area contributed by atoms with Gasteiger partial charge in [0, 0.05) is 31.4 Å². The molecule has 154 valence electrons. The molecule has 0 aliphatic heterocycles. The number of guanidine groups is 1. The number of aliphatic imine (C=N–C) groups is 1. The smallest absolute Gasteiger partial charge is 0.211 e. The Kier molecular flexibility index (Phi) is 10.3. The number of sulfonamides is 1. The Balaban J connectivity index is 0.00000392. The quantitative estimate of drug-likeness (QED) is 0.229. The summed E-state index contributed by atoms with van der Waals surface area (Å²) in [6, 6.07) is 16.9. The molecule has 28 heavy (non-hydrogen) atoms. The molecule has 0 aliphatic rings. The number of anilines is 1. The Morgan fingerprint density at radius 3 is 2.46 bits per heavy atom. The molecule has 2 aromatic carbocycles. The number of hydrogen-bond donors (Lipinski definition) is 2. The molecule has 2 aromatic rings. The van der Waals surface area contributed by atoms with Gasteiger partial charge in [0.05, 0.1) is 6.26 Å². The van der Waals surface area contributed by atoms with Crippen LogP contribution in [0, 0.1) is 0 Å². The van der Waals surface area contributed by atoms with Gasteiger partial charge in [-0.1, -0.05) is 31.2 Å². The normalized spacial score (nSPS) is 11.8. The molecule has 0 unspecified atom stereocenters. The van der Waals surface area contributed by atoms with Crippen molar-refractivity contribution >= 4 is 45.6 Å². The second kappa shape index (κ2) is 11.9. The lowest BCUT2D eigenvalue weighted by atomic mass is 10.3. The Morgan fingerprint density at radius 2 is 1.82 bits per heavy atom. The first-order chi connectivity index (χ1) is 12.9. The van der Waals surface area contributed by atoms with Crippen LogP contribution in [0.1, 0.15) is 13.3 Å². The van der Waals surface area contributed by atoms with E-state index in [1.54, 1.807) is 0 Å². The largest absolute Gasteiger partial charge is 0.457 e. The van der Waals surface area contributed by atoms with Crippen LogP contribution in [-0.2, 0) is 10.0 Å². The Bertz CT molecular complexity index is 860. The third-order valence-corrected chi connectivity index (χ3v) is 5.13. The zero-order valence-electron chi connectivity index (χ0n) is 16.0. The van der Waals surface area contributed by atoms with Gasteiger partial charge in [-0.2, -0.15) is 0 Å². The van der Waals surface area contributed by atoms with E-state index in [1.807, 2.05) is 61.5 Å². The van der Waals surface area contributed by atoms with Crippen LogP contribution in [0.4, 0.5) is 5.69 Å². The van der Waals surface area contributed by atoms with Crippen molar-refractivity contribution in [3.8, 4) is 11.5 Å². The van der Waals surface area contributed by atoms with Crippen molar-refractivity contribution in [2.45, 2.75) is 13.3 Å². The van der Waals surface area contributed by atoms with Gasteiger partial charge < -0.3 is 15.8 Å². The van der Waals surface area contributed by atoms with E-state index >= 15 is 0 Å². The zero-order chi connectivity index (χ0) is 19.7. The molecule has 9 heteroatoms. The lowest BCUT2D eigenvalue weighted by Gasteiger charge is -2.16. The minimum absolute atomic E-state index is 0. The Labute approximate surface area is 184 Å². The summed E-state index contributed by atoms with van der Waals surface area (Å²) in [5.74, 6) is 1.71. The molecular formula is C19H27IN4O3S. The Hall–Kier alpha value is -1.85. The highest BCUT2D eigenvalue weighted by Crippen LogP contribution is 2.23. The predicted molar refractivity (Wildman–Crippen MR) is 125 cm³/mol. The van der Waals surface area contributed by atoms with E-state index in [2.05, 4.69) is 10.3 Å². The molecule has 0 fully saturated rings. The van der Waals surface area contributed by atoms with Crippen LogP contribution in [0.2, 0.25) is 0 Å². The topological polar surface area (TPSA) is 97.0 Å². The third-order valence-electron chi connectivity index (χ3n) is 3.75. The summed E-state index contributed by atoms with van der Waals surface area (Å²) in [6.45, 7) is 3.12. The van der Waals surface area contributed by atoms with Gasteiger partial charge >= 0.3 is 0 Å². The van der Waals surface area contributed by atoms with Gasteiger partial charge in [0.1, 0.15) is 11.5 Å². The number of hydrogen-bond acceptors (Lipinski definition) is 4. The maximum atomic E-state index is 11.5. The third kappa shape index (κ3) is 8.44. The van der Waals surface area contributed by atoms with E-state index in [0.29, 0.717) is 31.8 Å². The zero-order valence-corrected chi connectivity index (χ0v) is 19.2. The average molecular weight is 518 g/mol. The molecular weight excluding hydrogens is 491 g/mol.